The normalized spacial score (nSPS) is 13.3. The standard InChI is InChI=1S/C43H49FN8O13/c44-26-10-6-7-23(17-26)18-31(41(63)52-32(19-25-21-46-28-12-5-4-11-27(25)28)42(64)49-29(38(45)60)13-15-35(54)55)48-34(53)22-47-40(62)30(14-16-36(56)57)50-43(65)33(20-37(58)59)51-39(61)24-8-2-1-3-9-24/h1-12,17,21,29-33,35,46,54-55H,13-16,18-20,22H2,(H2,45,60)(H,47,62)(H,48,53)(H,49,64)(H,50,65)(H,51,61)(H,52,63)(H,56,57)(H,58,59). The quantitative estimate of drug-likeness (QED) is 0.0351. The molecule has 22 heteroatoms. The lowest BCUT2D eigenvalue weighted by atomic mass is 10.0. The minimum absolute atomic E-state index is 0.0896. The van der Waals surface area contributed by atoms with E-state index in [0.717, 1.165) is 12.1 Å². The maximum Gasteiger partial charge on any atom is 0.305 e. The van der Waals surface area contributed by atoms with E-state index >= 15 is 0 Å². The Morgan fingerprint density at radius 2 is 1.26 bits per heavy atom. The SMILES string of the molecule is NC(=O)C(CCC(O)O)NC(=O)C(Cc1c[nH]c2ccccc12)NC(=O)C(Cc1cccc(F)c1)NC(=O)CNC(=O)C(CCC(=O)O)NC(=O)C(CC(=O)O)NC(=O)c1ccccc1. The van der Waals surface area contributed by atoms with Crippen molar-refractivity contribution in [3.63, 3.8) is 0 Å². The van der Waals surface area contributed by atoms with Crippen molar-refractivity contribution in [2.24, 2.45) is 5.73 Å². The summed E-state index contributed by atoms with van der Waals surface area (Å²) in [6, 6.07) is 11.7. The summed E-state index contributed by atoms with van der Waals surface area (Å²) in [6.45, 7) is -0.884. The number of nitrogens with two attached hydrogens (primary N) is 1. The van der Waals surface area contributed by atoms with Gasteiger partial charge in [-0.3, -0.25) is 43.2 Å². The number of primary amides is 1. The molecule has 0 radical (unpaired) electrons. The molecule has 5 atom stereocenters. The smallest absolute Gasteiger partial charge is 0.305 e. The molecule has 0 saturated heterocycles. The van der Waals surface area contributed by atoms with Gasteiger partial charge in [0.1, 0.15) is 36.0 Å². The predicted octanol–water partition coefficient (Wildman–Crippen LogP) is -1.14. The average molecular weight is 905 g/mol. The van der Waals surface area contributed by atoms with Crippen LogP contribution in [0.15, 0.2) is 85.1 Å². The van der Waals surface area contributed by atoms with Crippen molar-refractivity contribution < 1.29 is 68.0 Å². The Bertz CT molecular complexity index is 2360. The second kappa shape index (κ2) is 24.2. The summed E-state index contributed by atoms with van der Waals surface area (Å²) in [5.74, 6) is -10.5. The number of fused-ring (bicyclic) bond motifs is 1. The van der Waals surface area contributed by atoms with Crippen molar-refractivity contribution in [1.29, 1.82) is 0 Å². The van der Waals surface area contributed by atoms with Gasteiger partial charge >= 0.3 is 11.9 Å². The van der Waals surface area contributed by atoms with Gasteiger partial charge in [-0.2, -0.15) is 0 Å². The molecule has 0 aliphatic rings. The van der Waals surface area contributed by atoms with Crippen molar-refractivity contribution in [1.82, 2.24) is 36.9 Å². The van der Waals surface area contributed by atoms with Gasteiger partial charge in [0.2, 0.25) is 35.4 Å². The zero-order chi connectivity index (χ0) is 47.6. The molecule has 4 rings (SSSR count). The number of carbonyl (C=O) groups excluding carboxylic acids is 7. The van der Waals surface area contributed by atoms with E-state index in [1.165, 1.54) is 36.4 Å². The minimum atomic E-state index is -1.82. The van der Waals surface area contributed by atoms with Crippen molar-refractivity contribution in [2.45, 2.75) is 81.4 Å². The van der Waals surface area contributed by atoms with Crippen LogP contribution >= 0.6 is 0 Å². The van der Waals surface area contributed by atoms with Crippen LogP contribution in [-0.2, 0) is 51.2 Å². The zero-order valence-electron chi connectivity index (χ0n) is 34.6. The summed E-state index contributed by atoms with van der Waals surface area (Å²) < 4.78 is 14.3. The second-order valence-corrected chi connectivity index (χ2v) is 14.8. The van der Waals surface area contributed by atoms with Crippen LogP contribution in [0.2, 0.25) is 0 Å². The maximum atomic E-state index is 14.3. The third-order valence-electron chi connectivity index (χ3n) is 9.83. The summed E-state index contributed by atoms with van der Waals surface area (Å²) in [7, 11) is 0. The number of nitrogens with one attached hydrogen (secondary N) is 7. The Balaban J connectivity index is 1.54. The fourth-order valence-corrected chi connectivity index (χ4v) is 6.54. The number of aromatic nitrogens is 1. The number of aliphatic hydroxyl groups is 2. The number of benzene rings is 3. The molecule has 0 spiro atoms. The van der Waals surface area contributed by atoms with Crippen molar-refractivity contribution in [3.05, 3.63) is 108 Å². The highest BCUT2D eigenvalue weighted by atomic mass is 19.1. The largest absolute Gasteiger partial charge is 0.481 e. The van der Waals surface area contributed by atoms with Crippen molar-refractivity contribution in [2.75, 3.05) is 6.54 Å². The summed E-state index contributed by atoms with van der Waals surface area (Å²) in [6.07, 6.45) is -3.50. The number of para-hydroxylation sites is 1. The molecule has 4 aromatic rings. The lowest BCUT2D eigenvalue weighted by molar-refractivity contribution is -0.140. The molecular weight excluding hydrogens is 856 g/mol. The number of aromatic amines is 1. The number of aliphatic carboxylic acids is 2. The Labute approximate surface area is 369 Å². The van der Waals surface area contributed by atoms with Gasteiger partial charge in [-0.25, -0.2) is 4.39 Å². The summed E-state index contributed by atoms with van der Waals surface area (Å²) in [4.78, 5) is 119. The van der Waals surface area contributed by atoms with Crippen LogP contribution in [-0.4, -0.2) is 122 Å². The first kappa shape index (κ1) is 49.9. The van der Waals surface area contributed by atoms with E-state index in [1.807, 2.05) is 0 Å². The number of carboxylic acids is 2. The van der Waals surface area contributed by atoms with E-state index < -0.39 is 121 Å². The number of hydrogen-bond donors (Lipinski definition) is 12. The first-order chi connectivity index (χ1) is 30.9. The highest BCUT2D eigenvalue weighted by molar-refractivity contribution is 6.00. The third-order valence-corrected chi connectivity index (χ3v) is 9.83. The molecule has 21 nitrogen and oxygen atoms in total. The lowest BCUT2D eigenvalue weighted by Crippen LogP contribution is -2.58. The van der Waals surface area contributed by atoms with E-state index in [1.54, 1.807) is 36.5 Å². The van der Waals surface area contributed by atoms with Crippen LogP contribution in [0.4, 0.5) is 4.39 Å². The fourth-order valence-electron chi connectivity index (χ4n) is 6.54. The Morgan fingerprint density at radius 3 is 1.91 bits per heavy atom. The summed E-state index contributed by atoms with van der Waals surface area (Å²) in [5.41, 5.74) is 7.02. The molecule has 7 amide bonds. The first-order valence-electron chi connectivity index (χ1n) is 20.1. The molecule has 3 aromatic carbocycles. The zero-order valence-corrected chi connectivity index (χ0v) is 34.6. The molecule has 1 heterocycles. The van der Waals surface area contributed by atoms with Gasteiger partial charge in [-0.1, -0.05) is 48.5 Å². The molecule has 0 bridgehead atoms. The number of halogens is 1. The number of H-pyrrole nitrogens is 1. The van der Waals surface area contributed by atoms with Crippen molar-refractivity contribution in [3.8, 4) is 0 Å². The molecule has 0 aliphatic carbocycles. The Morgan fingerprint density at radius 1 is 0.631 bits per heavy atom. The van der Waals surface area contributed by atoms with Gasteiger partial charge < -0.3 is 63.0 Å². The number of carbonyl (C=O) groups is 9. The monoisotopic (exact) mass is 904 g/mol. The van der Waals surface area contributed by atoms with Gasteiger partial charge in [0.15, 0.2) is 6.29 Å². The third kappa shape index (κ3) is 16.2. The van der Waals surface area contributed by atoms with E-state index in [4.69, 9.17) is 5.73 Å². The first-order valence-corrected chi connectivity index (χ1v) is 20.1. The number of amides is 7. The van der Waals surface area contributed by atoms with E-state index in [2.05, 4.69) is 36.9 Å². The van der Waals surface area contributed by atoms with Crippen LogP contribution in [0, 0.1) is 5.82 Å². The average Bonchev–Trinajstić information content (AvgIpc) is 3.67. The highest BCUT2D eigenvalue weighted by Crippen LogP contribution is 2.20. The molecule has 0 saturated carbocycles. The summed E-state index contributed by atoms with van der Waals surface area (Å²) >= 11 is 0. The van der Waals surface area contributed by atoms with Crippen LogP contribution in [0.1, 0.15) is 53.6 Å². The lowest BCUT2D eigenvalue weighted by Gasteiger charge is -2.25. The second-order valence-electron chi connectivity index (χ2n) is 14.8. The van der Waals surface area contributed by atoms with Crippen LogP contribution in [0.5, 0.6) is 0 Å². The number of carboxylic acid groups (broad SMARTS) is 2. The molecule has 65 heavy (non-hydrogen) atoms. The van der Waals surface area contributed by atoms with Crippen LogP contribution < -0.4 is 37.6 Å². The van der Waals surface area contributed by atoms with Gasteiger partial charge in [0.05, 0.1) is 13.0 Å². The van der Waals surface area contributed by atoms with E-state index in [-0.39, 0.29) is 36.8 Å². The molecule has 0 fully saturated rings. The number of aliphatic hydroxyl groups excluding tert-OH is 1. The van der Waals surface area contributed by atoms with Gasteiger partial charge in [-0.05, 0) is 54.3 Å². The predicted molar refractivity (Wildman–Crippen MR) is 226 cm³/mol. The Kier molecular flexibility index (Phi) is 18.6. The van der Waals surface area contributed by atoms with Crippen molar-refractivity contribution >= 4 is 64.2 Å². The fraction of sp³-hybridized carbons (Fsp3) is 0.326. The van der Waals surface area contributed by atoms with E-state index in [0.29, 0.717) is 16.5 Å². The molecule has 13 N–H and O–H groups in total. The molecular formula is C43H49FN8O13. The molecule has 0 aliphatic heterocycles. The summed E-state index contributed by atoms with van der Waals surface area (Å²) in [5, 5.41) is 52.3. The molecule has 5 unspecified atom stereocenters. The van der Waals surface area contributed by atoms with Crippen LogP contribution in [0.25, 0.3) is 10.9 Å². The topological polar surface area (TPSA) is 349 Å². The minimum Gasteiger partial charge on any atom is -0.481 e. The highest BCUT2D eigenvalue weighted by Gasteiger charge is 2.32. The number of hydrogen-bond acceptors (Lipinski definition) is 11. The molecule has 1 aromatic heterocycles. The van der Waals surface area contributed by atoms with Gasteiger partial charge in [-0.15, -0.1) is 0 Å². The Hall–Kier alpha value is -7.72. The number of rotatable bonds is 25. The molecule has 346 valence electrons. The van der Waals surface area contributed by atoms with Gasteiger partial charge in [0, 0.05) is 48.3 Å². The van der Waals surface area contributed by atoms with Crippen LogP contribution in [0.3, 0.4) is 0 Å². The maximum absolute atomic E-state index is 14.3. The van der Waals surface area contributed by atoms with Gasteiger partial charge in [0.25, 0.3) is 5.91 Å². The van der Waals surface area contributed by atoms with E-state index in [9.17, 15) is 68.0 Å².